The van der Waals surface area contributed by atoms with E-state index >= 15 is 0 Å². The number of carboxylic acid groups (broad SMARTS) is 1. The van der Waals surface area contributed by atoms with Crippen molar-refractivity contribution in [1.82, 2.24) is 0 Å². The molecule has 13 heavy (non-hydrogen) atoms. The van der Waals surface area contributed by atoms with Gasteiger partial charge in [0.25, 0.3) is 0 Å². The van der Waals surface area contributed by atoms with Crippen molar-refractivity contribution in [2.75, 3.05) is 0 Å². The number of carbonyl (C=O) groups excluding carboxylic acids is 1. The fourth-order valence-electron chi connectivity index (χ4n) is 1.18. The molecule has 0 saturated heterocycles. The molecule has 0 aliphatic rings. The van der Waals surface area contributed by atoms with Crippen LogP contribution >= 0.6 is 0 Å². The number of carboxylic acids is 1. The summed E-state index contributed by atoms with van der Waals surface area (Å²) >= 11 is 0. The van der Waals surface area contributed by atoms with Gasteiger partial charge in [0.2, 0.25) is 0 Å². The molecule has 0 unspecified atom stereocenters. The quantitative estimate of drug-likeness (QED) is 0.698. The summed E-state index contributed by atoms with van der Waals surface area (Å²) in [6.07, 6.45) is 0. The van der Waals surface area contributed by atoms with E-state index in [1.165, 1.54) is 0 Å². The first-order valence-corrected chi connectivity index (χ1v) is 3.82. The third-order valence-electron chi connectivity index (χ3n) is 2.28. The Balaban J connectivity index is 0.00000144. The van der Waals surface area contributed by atoms with Crippen molar-refractivity contribution in [1.29, 1.82) is 0 Å². The first-order valence-electron chi connectivity index (χ1n) is 3.82. The maximum absolute atomic E-state index is 10.6. The topological polar surface area (TPSA) is 40.1 Å². The van der Waals surface area contributed by atoms with E-state index < -0.39 is 5.97 Å². The van der Waals surface area contributed by atoms with Crippen LogP contribution in [0.5, 0.6) is 0 Å². The average Bonchev–Trinajstić information content (AvgIpc) is 2.00. The van der Waals surface area contributed by atoms with Gasteiger partial charge >= 0.3 is 27.7 Å². The normalized spacial score (nSPS) is 9.15. The first kappa shape index (κ1) is 12.6. The summed E-state index contributed by atoms with van der Waals surface area (Å²) in [4.78, 5) is 10.6. The molecule has 0 heterocycles. The number of hydrogen-bond acceptors (Lipinski definition) is 2. The molecule has 0 aromatic heterocycles. The minimum atomic E-state index is -1.10. The molecule has 0 saturated carbocycles. The minimum Gasteiger partial charge on any atom is -0.545 e. The molecule has 0 N–H and O–H groups in total. The molecule has 1 rings (SSSR count). The van der Waals surface area contributed by atoms with Crippen LogP contribution in [0.2, 0.25) is 0 Å². The summed E-state index contributed by atoms with van der Waals surface area (Å²) in [5.74, 6) is -1.10. The monoisotopic (exact) mass is 365 g/mol. The second kappa shape index (κ2) is 4.75. The average molecular weight is 364 g/mol. The molecule has 0 amide bonds. The smallest absolute Gasteiger partial charge is 0.545 e. The summed E-state index contributed by atoms with van der Waals surface area (Å²) in [6, 6.07) is 3.39. The number of rotatable bonds is 1. The van der Waals surface area contributed by atoms with Crippen molar-refractivity contribution in [2.45, 2.75) is 20.8 Å². The molecule has 1 aromatic carbocycles. The molecule has 2 nitrogen and oxygen atoms in total. The maximum atomic E-state index is 10.6. The number of carbonyl (C=O) groups is 1. The van der Waals surface area contributed by atoms with Crippen LogP contribution in [0, 0.1) is 20.8 Å². The molecule has 1 aromatic rings. The summed E-state index contributed by atoms with van der Waals surface area (Å²) in [5.41, 5.74) is 3.22. The van der Waals surface area contributed by atoms with Crippen LogP contribution in [0.4, 0.5) is 0 Å². The van der Waals surface area contributed by atoms with Gasteiger partial charge in [0.1, 0.15) is 0 Å². The predicted molar refractivity (Wildman–Crippen MR) is 45.0 cm³/mol. The van der Waals surface area contributed by atoms with Crippen molar-refractivity contribution in [3.63, 3.8) is 0 Å². The van der Waals surface area contributed by atoms with E-state index in [0.717, 1.165) is 16.7 Å². The van der Waals surface area contributed by atoms with Crippen molar-refractivity contribution in [2.24, 2.45) is 0 Å². The molecule has 1 radical (unpaired) electrons. The number of aryl methyl sites for hydroxylation is 1. The van der Waals surface area contributed by atoms with E-state index in [9.17, 15) is 9.90 Å². The van der Waals surface area contributed by atoms with Crippen LogP contribution < -0.4 is 5.11 Å². The van der Waals surface area contributed by atoms with Crippen LogP contribution in [0.15, 0.2) is 12.1 Å². The Bertz CT molecular complexity index is 332. The summed E-state index contributed by atoms with van der Waals surface area (Å²) in [5, 5.41) is 10.6. The van der Waals surface area contributed by atoms with Gasteiger partial charge in [-0.05, 0) is 37.5 Å². The Kier molecular flexibility index (Phi) is 4.61. The zero-order valence-corrected chi connectivity index (χ0v) is 13.7. The van der Waals surface area contributed by atoms with E-state index in [2.05, 4.69) is 0 Å². The zero-order valence-electron chi connectivity index (χ0n) is 8.18. The summed E-state index contributed by atoms with van der Waals surface area (Å²) < 4.78 is 0. The Hall–Kier alpha value is -0.375. The van der Waals surface area contributed by atoms with Crippen molar-refractivity contribution in [3.05, 3.63) is 34.4 Å². The first-order chi connectivity index (χ1) is 5.54. The Morgan fingerprint density at radius 3 is 2.15 bits per heavy atom. The Labute approximate surface area is 98.5 Å². The van der Waals surface area contributed by atoms with Crippen molar-refractivity contribution < 1.29 is 37.6 Å². The van der Waals surface area contributed by atoms with Crippen molar-refractivity contribution >= 4 is 5.97 Å². The molecule has 0 spiro atoms. The third-order valence-corrected chi connectivity index (χ3v) is 2.28. The van der Waals surface area contributed by atoms with Gasteiger partial charge in [-0.15, -0.1) is 0 Å². The molecular weight excluding hydrogens is 353 g/mol. The van der Waals surface area contributed by atoms with Gasteiger partial charge in [0, 0.05) is 5.56 Å². The molecule has 0 fully saturated rings. The molecule has 0 aliphatic heterocycles. The summed E-state index contributed by atoms with van der Waals surface area (Å²) in [6.45, 7) is 5.67. The van der Waals surface area contributed by atoms with Gasteiger partial charge in [0.15, 0.2) is 0 Å². The minimum absolute atomic E-state index is 0. The number of aromatic carboxylic acids is 1. The molecule has 65 valence electrons. The fraction of sp³-hybridized carbons (Fsp3) is 0.300. The second-order valence-corrected chi connectivity index (χ2v) is 2.97. The third kappa shape index (κ3) is 2.53. The van der Waals surface area contributed by atoms with E-state index in [-0.39, 0.29) is 33.2 Å². The van der Waals surface area contributed by atoms with Crippen LogP contribution in [-0.4, -0.2) is 5.97 Å². The van der Waals surface area contributed by atoms with Crippen LogP contribution in [0.3, 0.4) is 0 Å². The summed E-state index contributed by atoms with van der Waals surface area (Å²) in [7, 11) is 0. The van der Waals surface area contributed by atoms with Gasteiger partial charge in [0.05, 0.1) is 5.97 Å². The fourth-order valence-corrected chi connectivity index (χ4v) is 1.18. The Morgan fingerprint density at radius 2 is 1.69 bits per heavy atom. The molecule has 3 heteroatoms. The van der Waals surface area contributed by atoms with E-state index in [0.29, 0.717) is 0 Å². The van der Waals surface area contributed by atoms with Crippen LogP contribution in [-0.2, 0) is 27.7 Å². The zero-order chi connectivity index (χ0) is 9.30. The standard InChI is InChI=1S/C10H12O2.Hg/c1-6-4-5-9(10(11)12)8(3)7(6)2;/h4-5H,1-3H3,(H,11,12);/q;+1/p-1. The van der Waals surface area contributed by atoms with Crippen LogP contribution in [0.25, 0.3) is 0 Å². The SMILES string of the molecule is Cc1ccc(C(=O)[O-])c(C)c1C.[Hg+]. The van der Waals surface area contributed by atoms with Gasteiger partial charge in [-0.2, -0.15) is 0 Å². The van der Waals surface area contributed by atoms with Gasteiger partial charge < -0.3 is 9.90 Å². The van der Waals surface area contributed by atoms with E-state index in [1.807, 2.05) is 13.8 Å². The molecule has 0 atom stereocenters. The van der Waals surface area contributed by atoms with Gasteiger partial charge in [-0.1, -0.05) is 12.1 Å². The molecule has 0 aliphatic carbocycles. The van der Waals surface area contributed by atoms with Crippen molar-refractivity contribution in [3.8, 4) is 0 Å². The van der Waals surface area contributed by atoms with E-state index in [4.69, 9.17) is 0 Å². The van der Waals surface area contributed by atoms with Gasteiger partial charge in [-0.25, -0.2) is 0 Å². The van der Waals surface area contributed by atoms with Gasteiger partial charge in [-0.3, -0.25) is 0 Å². The van der Waals surface area contributed by atoms with Crippen LogP contribution in [0.1, 0.15) is 27.0 Å². The number of benzene rings is 1. The second-order valence-electron chi connectivity index (χ2n) is 2.97. The molecular formula is C10H11HgO2. The Morgan fingerprint density at radius 1 is 1.15 bits per heavy atom. The molecule has 0 bridgehead atoms. The van der Waals surface area contributed by atoms with E-state index in [1.54, 1.807) is 19.1 Å². The number of hydrogen-bond donors (Lipinski definition) is 0. The predicted octanol–water partition coefficient (Wildman–Crippen LogP) is 0.973. The largest absolute Gasteiger partial charge is 1.00 e. The maximum Gasteiger partial charge on any atom is 1.00 e.